The van der Waals surface area contributed by atoms with E-state index in [1.165, 1.54) is 16.9 Å². The van der Waals surface area contributed by atoms with Crippen LogP contribution in [-0.2, 0) is 13.0 Å². The van der Waals surface area contributed by atoms with E-state index in [1.807, 2.05) is 16.8 Å². The third-order valence-electron chi connectivity index (χ3n) is 3.93. The van der Waals surface area contributed by atoms with Crippen LogP contribution in [0.4, 0.5) is 0 Å². The maximum atomic E-state index is 12.5. The number of fused-ring (bicyclic) bond motifs is 1. The molecule has 0 bridgehead atoms. The van der Waals surface area contributed by atoms with Crippen molar-refractivity contribution < 1.29 is 0 Å². The molecule has 0 saturated heterocycles. The summed E-state index contributed by atoms with van der Waals surface area (Å²) >= 11 is 3.03. The quantitative estimate of drug-likeness (QED) is 0.553. The van der Waals surface area contributed by atoms with Gasteiger partial charge in [0.1, 0.15) is 9.71 Å². The summed E-state index contributed by atoms with van der Waals surface area (Å²) in [6.07, 6.45) is 2.64. The molecule has 0 aliphatic heterocycles. The Hall–Kier alpha value is -2.31. The molecule has 1 aromatic carbocycles. The Morgan fingerprint density at radius 1 is 1.12 bits per heavy atom. The fourth-order valence-electron chi connectivity index (χ4n) is 2.56. The molecule has 3 heterocycles. The van der Waals surface area contributed by atoms with Crippen LogP contribution in [0.25, 0.3) is 20.8 Å². The summed E-state index contributed by atoms with van der Waals surface area (Å²) in [5.41, 5.74) is 4.07. The molecule has 0 saturated carbocycles. The Bertz CT molecular complexity index is 1040. The fourth-order valence-corrected chi connectivity index (χ4v) is 4.17. The van der Waals surface area contributed by atoms with Crippen LogP contribution in [0.3, 0.4) is 0 Å². The van der Waals surface area contributed by atoms with Gasteiger partial charge in [0.2, 0.25) is 0 Å². The van der Waals surface area contributed by atoms with E-state index in [0.717, 1.165) is 28.2 Å². The molecule has 4 aromatic rings. The number of thiazole rings is 1. The van der Waals surface area contributed by atoms with Crippen molar-refractivity contribution in [2.24, 2.45) is 0 Å². The molecule has 0 spiro atoms. The highest BCUT2D eigenvalue weighted by Gasteiger charge is 2.09. The number of aromatic nitrogens is 3. The molecule has 0 amide bonds. The molecule has 6 heteroatoms. The van der Waals surface area contributed by atoms with Crippen molar-refractivity contribution >= 4 is 32.9 Å². The van der Waals surface area contributed by atoms with Crippen LogP contribution in [0.15, 0.2) is 52.2 Å². The van der Waals surface area contributed by atoms with Crippen LogP contribution in [0.2, 0.25) is 0 Å². The Morgan fingerprint density at radius 3 is 2.75 bits per heavy atom. The molecule has 4 rings (SSSR count). The molecule has 0 aliphatic carbocycles. The van der Waals surface area contributed by atoms with Crippen molar-refractivity contribution in [1.29, 1.82) is 0 Å². The van der Waals surface area contributed by atoms with Gasteiger partial charge in [-0.05, 0) is 23.4 Å². The van der Waals surface area contributed by atoms with Gasteiger partial charge in [-0.1, -0.05) is 31.2 Å². The second-order valence-electron chi connectivity index (χ2n) is 5.51. The highest BCUT2D eigenvalue weighted by Crippen LogP contribution is 2.24. The molecule has 0 radical (unpaired) electrons. The normalized spacial score (nSPS) is 11.2. The van der Waals surface area contributed by atoms with Gasteiger partial charge in [0.05, 0.1) is 24.1 Å². The predicted octanol–water partition coefficient (Wildman–Crippen LogP) is 4.19. The van der Waals surface area contributed by atoms with Crippen LogP contribution in [-0.4, -0.2) is 14.5 Å². The van der Waals surface area contributed by atoms with E-state index >= 15 is 0 Å². The van der Waals surface area contributed by atoms with Crippen LogP contribution < -0.4 is 5.56 Å². The second kappa shape index (κ2) is 6.30. The topological polar surface area (TPSA) is 47.8 Å². The molecule has 0 fully saturated rings. The highest BCUT2D eigenvalue weighted by molar-refractivity contribution is 7.17. The summed E-state index contributed by atoms with van der Waals surface area (Å²) in [4.78, 5) is 21.5. The summed E-state index contributed by atoms with van der Waals surface area (Å²) in [5.74, 6) is 0. The van der Waals surface area contributed by atoms with Gasteiger partial charge < -0.3 is 0 Å². The van der Waals surface area contributed by atoms with Gasteiger partial charge in [-0.3, -0.25) is 9.36 Å². The zero-order chi connectivity index (χ0) is 16.5. The second-order valence-corrected chi connectivity index (χ2v) is 7.28. The number of benzene rings is 1. The van der Waals surface area contributed by atoms with Gasteiger partial charge in [-0.25, -0.2) is 9.97 Å². The average Bonchev–Trinajstić information content (AvgIpc) is 3.27. The number of rotatable bonds is 4. The molecule has 4 nitrogen and oxygen atoms in total. The zero-order valence-corrected chi connectivity index (χ0v) is 14.7. The van der Waals surface area contributed by atoms with Crippen molar-refractivity contribution in [3.8, 4) is 10.6 Å². The first kappa shape index (κ1) is 15.2. The fraction of sp³-hybridized carbons (Fsp3) is 0.167. The van der Waals surface area contributed by atoms with Crippen molar-refractivity contribution in [3.63, 3.8) is 0 Å². The van der Waals surface area contributed by atoms with Gasteiger partial charge in [0.25, 0.3) is 5.56 Å². The summed E-state index contributed by atoms with van der Waals surface area (Å²) < 4.78 is 2.32. The number of aryl methyl sites for hydroxylation is 1. The first-order valence-corrected chi connectivity index (χ1v) is 9.47. The number of hydrogen-bond donors (Lipinski definition) is 0. The molecular weight excluding hydrogens is 338 g/mol. The Morgan fingerprint density at radius 2 is 1.96 bits per heavy atom. The smallest absolute Gasteiger partial charge is 0.271 e. The lowest BCUT2D eigenvalue weighted by molar-refractivity contribution is 0.736. The SMILES string of the molecule is CCc1ccc(-c2nc(Cn3cnc4ccsc4c3=O)cs2)cc1. The Labute approximate surface area is 147 Å². The van der Waals surface area contributed by atoms with E-state index in [1.54, 1.807) is 22.2 Å². The lowest BCUT2D eigenvalue weighted by atomic mass is 10.1. The molecule has 120 valence electrons. The van der Waals surface area contributed by atoms with E-state index in [-0.39, 0.29) is 5.56 Å². The first-order valence-electron chi connectivity index (χ1n) is 7.71. The Balaban J connectivity index is 1.62. The average molecular weight is 353 g/mol. The molecule has 0 unspecified atom stereocenters. The lowest BCUT2D eigenvalue weighted by Crippen LogP contribution is -2.20. The molecule has 0 atom stereocenters. The number of hydrogen-bond acceptors (Lipinski definition) is 5. The highest BCUT2D eigenvalue weighted by atomic mass is 32.1. The standard InChI is InChI=1S/C18H15N3OS2/c1-2-12-3-5-13(6-4-12)17-20-14(10-24-17)9-21-11-19-15-7-8-23-16(15)18(21)22/h3-8,10-11H,2,9H2,1H3. The lowest BCUT2D eigenvalue weighted by Gasteiger charge is -2.02. The van der Waals surface area contributed by atoms with E-state index in [2.05, 4.69) is 41.2 Å². The largest absolute Gasteiger partial charge is 0.292 e. The van der Waals surface area contributed by atoms with Gasteiger partial charge >= 0.3 is 0 Å². The minimum absolute atomic E-state index is 0.00292. The maximum Gasteiger partial charge on any atom is 0.271 e. The van der Waals surface area contributed by atoms with Crippen LogP contribution in [0.1, 0.15) is 18.2 Å². The van der Waals surface area contributed by atoms with E-state index in [4.69, 9.17) is 0 Å². The zero-order valence-electron chi connectivity index (χ0n) is 13.1. The minimum Gasteiger partial charge on any atom is -0.292 e. The maximum absolute atomic E-state index is 12.5. The summed E-state index contributed by atoms with van der Waals surface area (Å²) in [5, 5.41) is 4.88. The van der Waals surface area contributed by atoms with E-state index < -0.39 is 0 Å². The van der Waals surface area contributed by atoms with Crippen LogP contribution in [0, 0.1) is 0 Å². The summed E-state index contributed by atoms with van der Waals surface area (Å²) in [7, 11) is 0. The summed E-state index contributed by atoms with van der Waals surface area (Å²) in [6.45, 7) is 2.59. The third kappa shape index (κ3) is 2.79. The molecule has 0 N–H and O–H groups in total. The van der Waals surface area contributed by atoms with Crippen molar-refractivity contribution in [1.82, 2.24) is 14.5 Å². The van der Waals surface area contributed by atoms with Crippen molar-refractivity contribution in [3.05, 3.63) is 69.0 Å². The van der Waals surface area contributed by atoms with Gasteiger partial charge in [0, 0.05) is 10.9 Å². The van der Waals surface area contributed by atoms with Gasteiger partial charge in [0.15, 0.2) is 0 Å². The van der Waals surface area contributed by atoms with E-state index in [0.29, 0.717) is 11.2 Å². The number of nitrogens with zero attached hydrogens (tertiary/aromatic N) is 3. The molecule has 24 heavy (non-hydrogen) atoms. The van der Waals surface area contributed by atoms with Gasteiger partial charge in [-0.15, -0.1) is 22.7 Å². The van der Waals surface area contributed by atoms with Crippen molar-refractivity contribution in [2.45, 2.75) is 19.9 Å². The Kier molecular flexibility index (Phi) is 4.00. The summed E-state index contributed by atoms with van der Waals surface area (Å²) in [6, 6.07) is 10.3. The van der Waals surface area contributed by atoms with Crippen LogP contribution in [0.5, 0.6) is 0 Å². The minimum atomic E-state index is -0.00292. The monoisotopic (exact) mass is 353 g/mol. The number of thiophene rings is 1. The van der Waals surface area contributed by atoms with E-state index in [9.17, 15) is 4.79 Å². The van der Waals surface area contributed by atoms with Gasteiger partial charge in [-0.2, -0.15) is 0 Å². The first-order chi connectivity index (χ1) is 11.7. The molecule has 0 aliphatic rings. The third-order valence-corrected chi connectivity index (χ3v) is 5.76. The molecular formula is C18H15N3OS2. The van der Waals surface area contributed by atoms with Crippen LogP contribution >= 0.6 is 22.7 Å². The predicted molar refractivity (Wildman–Crippen MR) is 99.9 cm³/mol. The van der Waals surface area contributed by atoms with Crippen molar-refractivity contribution in [2.75, 3.05) is 0 Å². The molecule has 3 aromatic heterocycles.